The van der Waals surface area contributed by atoms with Crippen LogP contribution in [0.15, 0.2) is 24.3 Å². The summed E-state index contributed by atoms with van der Waals surface area (Å²) in [5.41, 5.74) is 0.884. The van der Waals surface area contributed by atoms with Gasteiger partial charge in [0.25, 0.3) is 0 Å². The van der Waals surface area contributed by atoms with Gasteiger partial charge in [0, 0.05) is 12.6 Å². The van der Waals surface area contributed by atoms with Crippen molar-refractivity contribution < 1.29 is 9.53 Å². The molecular weight excluding hydrogens is 240 g/mol. The summed E-state index contributed by atoms with van der Waals surface area (Å²) in [7, 11) is 0. The summed E-state index contributed by atoms with van der Waals surface area (Å²) in [6.45, 7) is 6.36. The highest BCUT2D eigenvalue weighted by Crippen LogP contribution is 2.30. The number of hydrogen-bond donors (Lipinski definition) is 1. The van der Waals surface area contributed by atoms with Gasteiger partial charge < -0.3 is 15.0 Å². The highest BCUT2D eigenvalue weighted by molar-refractivity contribution is 5.95. The summed E-state index contributed by atoms with van der Waals surface area (Å²) in [6, 6.07) is 8.02. The smallest absolute Gasteiger partial charge is 0.230 e. The van der Waals surface area contributed by atoms with E-state index in [0.29, 0.717) is 19.6 Å². The Hall–Kier alpha value is -1.55. The van der Waals surface area contributed by atoms with Gasteiger partial charge in [0.15, 0.2) is 0 Å². The molecule has 0 saturated carbocycles. The molecule has 0 aliphatic carbocycles. The lowest BCUT2D eigenvalue weighted by Gasteiger charge is -2.25. The van der Waals surface area contributed by atoms with Crippen molar-refractivity contribution in [3.05, 3.63) is 24.3 Å². The van der Waals surface area contributed by atoms with Gasteiger partial charge in [-0.1, -0.05) is 19.1 Å². The van der Waals surface area contributed by atoms with E-state index in [0.717, 1.165) is 24.4 Å². The van der Waals surface area contributed by atoms with Crippen molar-refractivity contribution in [3.63, 3.8) is 0 Å². The molecule has 0 aromatic heterocycles. The number of carbonyl (C=O) groups is 1. The zero-order chi connectivity index (χ0) is 13.7. The number of anilines is 1. The standard InChI is InChI=1S/C15H22N2O2/c1-3-9-16-12(2)11-17-13-6-4-5-7-14(13)19-10-8-15(17)18/h4-7,12,16H,3,8-11H2,1-2H3. The molecule has 1 unspecified atom stereocenters. The lowest BCUT2D eigenvalue weighted by Crippen LogP contribution is -2.42. The molecule has 0 spiro atoms. The van der Waals surface area contributed by atoms with E-state index in [1.807, 2.05) is 29.2 Å². The Bertz CT molecular complexity index is 434. The summed E-state index contributed by atoms with van der Waals surface area (Å²) in [5.74, 6) is 0.936. The van der Waals surface area contributed by atoms with Gasteiger partial charge in [-0.25, -0.2) is 0 Å². The van der Waals surface area contributed by atoms with Gasteiger partial charge in [-0.05, 0) is 32.0 Å². The van der Waals surface area contributed by atoms with Crippen LogP contribution in [-0.2, 0) is 4.79 Å². The minimum absolute atomic E-state index is 0.134. The molecule has 4 heteroatoms. The van der Waals surface area contributed by atoms with Gasteiger partial charge in [0.1, 0.15) is 5.75 Å². The van der Waals surface area contributed by atoms with Crippen LogP contribution in [0.1, 0.15) is 26.7 Å². The van der Waals surface area contributed by atoms with Crippen LogP contribution in [0.5, 0.6) is 5.75 Å². The summed E-state index contributed by atoms with van der Waals surface area (Å²) < 4.78 is 5.63. The van der Waals surface area contributed by atoms with Crippen LogP contribution >= 0.6 is 0 Å². The van der Waals surface area contributed by atoms with Crippen molar-refractivity contribution in [2.45, 2.75) is 32.7 Å². The van der Waals surface area contributed by atoms with E-state index >= 15 is 0 Å². The van der Waals surface area contributed by atoms with Crippen LogP contribution in [0.4, 0.5) is 5.69 Å². The maximum atomic E-state index is 12.2. The second-order valence-electron chi connectivity index (χ2n) is 4.93. The van der Waals surface area contributed by atoms with Crippen LogP contribution in [0.25, 0.3) is 0 Å². The van der Waals surface area contributed by atoms with Gasteiger partial charge in [0.05, 0.1) is 18.7 Å². The van der Waals surface area contributed by atoms with Crippen LogP contribution in [-0.4, -0.2) is 31.6 Å². The Morgan fingerprint density at radius 3 is 3.00 bits per heavy atom. The molecule has 2 rings (SSSR count). The van der Waals surface area contributed by atoms with E-state index in [1.54, 1.807) is 0 Å². The number of amides is 1. The molecule has 1 aliphatic heterocycles. The summed E-state index contributed by atoms with van der Waals surface area (Å²) >= 11 is 0. The predicted molar refractivity (Wildman–Crippen MR) is 76.7 cm³/mol. The zero-order valence-electron chi connectivity index (χ0n) is 11.7. The van der Waals surface area contributed by atoms with E-state index in [-0.39, 0.29) is 11.9 Å². The lowest BCUT2D eigenvalue weighted by atomic mass is 10.2. The number of nitrogens with zero attached hydrogens (tertiary/aromatic N) is 1. The van der Waals surface area contributed by atoms with E-state index in [2.05, 4.69) is 19.2 Å². The Kier molecular flexibility index (Phi) is 4.80. The van der Waals surface area contributed by atoms with Crippen molar-refractivity contribution in [1.29, 1.82) is 0 Å². The minimum Gasteiger partial charge on any atom is -0.491 e. The Labute approximate surface area is 114 Å². The summed E-state index contributed by atoms with van der Waals surface area (Å²) in [6.07, 6.45) is 1.53. The maximum Gasteiger partial charge on any atom is 0.230 e. The van der Waals surface area contributed by atoms with E-state index in [4.69, 9.17) is 4.74 Å². The van der Waals surface area contributed by atoms with Crippen LogP contribution in [0, 0.1) is 0 Å². The van der Waals surface area contributed by atoms with Crippen molar-refractivity contribution in [2.75, 3.05) is 24.6 Å². The number of nitrogens with one attached hydrogen (secondary N) is 1. The molecule has 1 N–H and O–H groups in total. The highest BCUT2D eigenvalue weighted by atomic mass is 16.5. The first-order valence-corrected chi connectivity index (χ1v) is 6.98. The molecule has 0 fully saturated rings. The molecule has 1 heterocycles. The van der Waals surface area contributed by atoms with Crippen molar-refractivity contribution in [3.8, 4) is 5.75 Å². The molecule has 19 heavy (non-hydrogen) atoms. The average Bonchev–Trinajstić information content (AvgIpc) is 2.57. The van der Waals surface area contributed by atoms with Gasteiger partial charge in [0.2, 0.25) is 5.91 Å². The molecule has 1 aromatic carbocycles. The molecule has 1 amide bonds. The fourth-order valence-corrected chi connectivity index (χ4v) is 2.25. The monoisotopic (exact) mass is 262 g/mol. The molecule has 0 bridgehead atoms. The molecule has 1 aliphatic rings. The van der Waals surface area contributed by atoms with Crippen molar-refractivity contribution in [2.24, 2.45) is 0 Å². The average molecular weight is 262 g/mol. The minimum atomic E-state index is 0.134. The number of ether oxygens (including phenoxy) is 1. The lowest BCUT2D eigenvalue weighted by molar-refractivity contribution is -0.118. The molecule has 4 nitrogen and oxygen atoms in total. The zero-order valence-corrected chi connectivity index (χ0v) is 11.7. The number of fused-ring (bicyclic) bond motifs is 1. The summed E-state index contributed by atoms with van der Waals surface area (Å²) in [4.78, 5) is 14.0. The molecule has 1 aromatic rings. The Morgan fingerprint density at radius 1 is 1.42 bits per heavy atom. The fourth-order valence-electron chi connectivity index (χ4n) is 2.25. The fraction of sp³-hybridized carbons (Fsp3) is 0.533. The topological polar surface area (TPSA) is 41.6 Å². The first-order chi connectivity index (χ1) is 9.22. The van der Waals surface area contributed by atoms with Crippen LogP contribution < -0.4 is 15.0 Å². The number of hydrogen-bond acceptors (Lipinski definition) is 3. The van der Waals surface area contributed by atoms with E-state index in [9.17, 15) is 4.79 Å². The van der Waals surface area contributed by atoms with E-state index in [1.165, 1.54) is 0 Å². The molecule has 104 valence electrons. The van der Waals surface area contributed by atoms with Crippen LogP contribution in [0.3, 0.4) is 0 Å². The van der Waals surface area contributed by atoms with Crippen molar-refractivity contribution >= 4 is 11.6 Å². The third kappa shape index (κ3) is 3.47. The molecule has 1 atom stereocenters. The van der Waals surface area contributed by atoms with E-state index < -0.39 is 0 Å². The molecule has 0 saturated heterocycles. The normalized spacial score (nSPS) is 16.5. The second kappa shape index (κ2) is 6.57. The first-order valence-electron chi connectivity index (χ1n) is 6.98. The van der Waals surface area contributed by atoms with Crippen LogP contribution in [0.2, 0.25) is 0 Å². The number of benzene rings is 1. The second-order valence-corrected chi connectivity index (χ2v) is 4.93. The largest absolute Gasteiger partial charge is 0.491 e. The quantitative estimate of drug-likeness (QED) is 0.884. The van der Waals surface area contributed by atoms with Gasteiger partial charge in [-0.2, -0.15) is 0 Å². The number of carbonyl (C=O) groups excluding carboxylic acids is 1. The Morgan fingerprint density at radius 2 is 2.21 bits per heavy atom. The van der Waals surface area contributed by atoms with Gasteiger partial charge >= 0.3 is 0 Å². The highest BCUT2D eigenvalue weighted by Gasteiger charge is 2.24. The number of rotatable bonds is 5. The first kappa shape index (κ1) is 13.9. The molecular formula is C15H22N2O2. The Balaban J connectivity index is 2.14. The SMILES string of the molecule is CCCNC(C)CN1C(=O)CCOc2ccccc21. The van der Waals surface area contributed by atoms with Gasteiger partial charge in [-0.3, -0.25) is 4.79 Å². The summed E-state index contributed by atoms with van der Waals surface area (Å²) in [5, 5.41) is 3.42. The third-order valence-corrected chi connectivity index (χ3v) is 3.23. The maximum absolute atomic E-state index is 12.2. The van der Waals surface area contributed by atoms with Crippen molar-refractivity contribution in [1.82, 2.24) is 5.32 Å². The number of para-hydroxylation sites is 2. The van der Waals surface area contributed by atoms with Gasteiger partial charge in [-0.15, -0.1) is 0 Å². The third-order valence-electron chi connectivity index (χ3n) is 3.23. The molecule has 0 radical (unpaired) electrons. The predicted octanol–water partition coefficient (Wildman–Crippen LogP) is 2.19.